The molecule has 0 radical (unpaired) electrons. The number of nitrogens with one attached hydrogen (secondary N) is 1. The number of thiazole rings is 1. The molecule has 0 saturated heterocycles. The monoisotopic (exact) mass is 301 g/mol. The molecule has 104 valence electrons. The third-order valence-corrected chi connectivity index (χ3v) is 3.16. The maximum atomic E-state index is 11.4. The van der Waals surface area contributed by atoms with Crippen LogP contribution in [0.3, 0.4) is 0 Å². The lowest BCUT2D eigenvalue weighted by atomic mass is 10.2. The van der Waals surface area contributed by atoms with Crippen LogP contribution in [0.1, 0.15) is 19.0 Å². The minimum absolute atomic E-state index is 0. The molecule has 0 spiro atoms. The van der Waals surface area contributed by atoms with Gasteiger partial charge in [0.25, 0.3) is 0 Å². The number of nitrogens with two attached hydrogens (primary N) is 1. The van der Waals surface area contributed by atoms with Crippen LogP contribution in [0, 0.1) is 0 Å². The molecule has 0 aromatic carbocycles. The molecule has 3 N–H and O–H groups in total. The number of halogens is 1. The number of hydrogen-bond acceptors (Lipinski definition) is 5. The van der Waals surface area contributed by atoms with Gasteiger partial charge in [0, 0.05) is 17.8 Å². The average molecular weight is 302 g/mol. The van der Waals surface area contributed by atoms with Crippen molar-refractivity contribution >= 4 is 29.7 Å². The molecular weight excluding hydrogens is 286 g/mol. The fraction of sp³-hybridized carbons (Fsp3) is 0.333. The van der Waals surface area contributed by atoms with Gasteiger partial charge in [-0.05, 0) is 19.1 Å². The van der Waals surface area contributed by atoms with Crippen LogP contribution >= 0.6 is 23.7 Å². The first-order valence-corrected chi connectivity index (χ1v) is 6.53. The van der Waals surface area contributed by atoms with Crippen molar-refractivity contribution in [3.8, 4) is 10.8 Å². The molecule has 0 fully saturated rings. The summed E-state index contributed by atoms with van der Waals surface area (Å²) in [5.41, 5.74) is 6.37. The van der Waals surface area contributed by atoms with Gasteiger partial charge in [0.15, 0.2) is 10.8 Å². The molecule has 7 heteroatoms. The predicted octanol–water partition coefficient (Wildman–Crippen LogP) is 2.18. The van der Waals surface area contributed by atoms with Gasteiger partial charge in [-0.2, -0.15) is 0 Å². The van der Waals surface area contributed by atoms with Crippen molar-refractivity contribution in [3.63, 3.8) is 0 Å². The summed E-state index contributed by atoms with van der Waals surface area (Å²) in [6, 6.07) is 3.55. The van der Waals surface area contributed by atoms with Gasteiger partial charge < -0.3 is 15.5 Å². The molecule has 0 aliphatic carbocycles. The Morgan fingerprint density at radius 2 is 2.42 bits per heavy atom. The summed E-state index contributed by atoms with van der Waals surface area (Å²) in [5, 5.41) is 5.51. The largest absolute Gasteiger partial charge is 0.462 e. The highest BCUT2D eigenvalue weighted by Crippen LogP contribution is 2.23. The first-order chi connectivity index (χ1) is 8.65. The number of carbonyl (C=O) groups excluding carboxylic acids is 1. The molecule has 5 nitrogen and oxygen atoms in total. The normalized spacial score (nSPS) is 11.7. The second-order valence-electron chi connectivity index (χ2n) is 4.08. The zero-order valence-electron chi connectivity index (χ0n) is 10.5. The van der Waals surface area contributed by atoms with Gasteiger partial charge in [-0.15, -0.1) is 23.7 Å². The van der Waals surface area contributed by atoms with E-state index in [1.54, 1.807) is 13.2 Å². The van der Waals surface area contributed by atoms with Crippen LogP contribution < -0.4 is 11.1 Å². The SMILES string of the molecule is CC(N)CC(=O)NCc1csc(-c2ccco2)n1.Cl. The quantitative estimate of drug-likeness (QED) is 0.887. The van der Waals surface area contributed by atoms with Gasteiger partial charge >= 0.3 is 0 Å². The molecule has 0 aliphatic heterocycles. The van der Waals surface area contributed by atoms with Crippen molar-refractivity contribution in [3.05, 3.63) is 29.5 Å². The van der Waals surface area contributed by atoms with Crippen molar-refractivity contribution in [2.75, 3.05) is 0 Å². The van der Waals surface area contributed by atoms with E-state index in [2.05, 4.69) is 10.3 Å². The Morgan fingerprint density at radius 3 is 3.05 bits per heavy atom. The van der Waals surface area contributed by atoms with E-state index in [9.17, 15) is 4.79 Å². The summed E-state index contributed by atoms with van der Waals surface area (Å²) < 4.78 is 5.26. The summed E-state index contributed by atoms with van der Waals surface area (Å²) in [6.45, 7) is 2.22. The highest BCUT2D eigenvalue weighted by atomic mass is 35.5. The molecule has 19 heavy (non-hydrogen) atoms. The summed E-state index contributed by atoms with van der Waals surface area (Å²) in [4.78, 5) is 15.8. The molecule has 0 bridgehead atoms. The van der Waals surface area contributed by atoms with Gasteiger partial charge in [0.1, 0.15) is 0 Å². The van der Waals surface area contributed by atoms with Gasteiger partial charge in [0.05, 0.1) is 18.5 Å². The van der Waals surface area contributed by atoms with Crippen molar-refractivity contribution in [2.45, 2.75) is 25.9 Å². The van der Waals surface area contributed by atoms with Gasteiger partial charge in [-0.25, -0.2) is 4.98 Å². The Kier molecular flexibility index (Phi) is 6.01. The van der Waals surface area contributed by atoms with E-state index in [1.807, 2.05) is 17.5 Å². The van der Waals surface area contributed by atoms with Crippen LogP contribution in [0.4, 0.5) is 0 Å². The molecule has 0 aliphatic rings. The number of aromatic nitrogens is 1. The second kappa shape index (κ2) is 7.28. The van der Waals surface area contributed by atoms with Gasteiger partial charge in [-0.3, -0.25) is 4.79 Å². The van der Waals surface area contributed by atoms with Crippen LogP contribution in [0.15, 0.2) is 28.2 Å². The van der Waals surface area contributed by atoms with Crippen LogP contribution in [0.25, 0.3) is 10.8 Å². The second-order valence-corrected chi connectivity index (χ2v) is 4.94. The third kappa shape index (κ3) is 4.66. The molecular formula is C12H16ClN3O2S. The molecule has 1 atom stereocenters. The van der Waals surface area contributed by atoms with E-state index < -0.39 is 0 Å². The first kappa shape index (κ1) is 15.7. The minimum Gasteiger partial charge on any atom is -0.462 e. The van der Waals surface area contributed by atoms with Crippen molar-refractivity contribution in [2.24, 2.45) is 5.73 Å². The van der Waals surface area contributed by atoms with Crippen LogP contribution in [0.2, 0.25) is 0 Å². The molecule has 1 unspecified atom stereocenters. The Morgan fingerprint density at radius 1 is 1.63 bits per heavy atom. The van der Waals surface area contributed by atoms with Gasteiger partial charge in [0.2, 0.25) is 5.91 Å². The van der Waals surface area contributed by atoms with E-state index in [4.69, 9.17) is 10.2 Å². The van der Waals surface area contributed by atoms with E-state index in [1.165, 1.54) is 11.3 Å². The number of nitrogens with zero attached hydrogens (tertiary/aromatic N) is 1. The maximum Gasteiger partial charge on any atom is 0.221 e. The smallest absolute Gasteiger partial charge is 0.221 e. The summed E-state index contributed by atoms with van der Waals surface area (Å²) in [7, 11) is 0. The zero-order chi connectivity index (χ0) is 13.0. The van der Waals surface area contributed by atoms with Crippen LogP contribution in [-0.4, -0.2) is 16.9 Å². The lowest BCUT2D eigenvalue weighted by Gasteiger charge is -2.05. The molecule has 2 aromatic heterocycles. The first-order valence-electron chi connectivity index (χ1n) is 5.65. The lowest BCUT2D eigenvalue weighted by Crippen LogP contribution is -2.29. The topological polar surface area (TPSA) is 81.2 Å². The van der Waals surface area contributed by atoms with E-state index >= 15 is 0 Å². The standard InChI is InChI=1S/C12H15N3O2S.ClH/c1-8(13)5-11(16)14-6-9-7-18-12(15-9)10-3-2-4-17-10;/h2-4,7-8H,5-6,13H2,1H3,(H,14,16);1H. The number of amides is 1. The molecule has 2 aromatic rings. The van der Waals surface area contributed by atoms with Crippen LogP contribution in [-0.2, 0) is 11.3 Å². The summed E-state index contributed by atoms with van der Waals surface area (Å²) >= 11 is 1.49. The highest BCUT2D eigenvalue weighted by molar-refractivity contribution is 7.13. The number of hydrogen-bond donors (Lipinski definition) is 2. The number of furan rings is 1. The summed E-state index contributed by atoms with van der Waals surface area (Å²) in [6.07, 6.45) is 1.94. The Bertz CT molecular complexity index is 511. The van der Waals surface area contributed by atoms with E-state index in [-0.39, 0.29) is 24.4 Å². The van der Waals surface area contributed by atoms with E-state index in [0.29, 0.717) is 13.0 Å². The molecule has 0 saturated carbocycles. The predicted molar refractivity (Wildman–Crippen MR) is 77.2 cm³/mol. The van der Waals surface area contributed by atoms with Gasteiger partial charge in [-0.1, -0.05) is 0 Å². The lowest BCUT2D eigenvalue weighted by molar-refractivity contribution is -0.121. The molecule has 2 heterocycles. The Balaban J connectivity index is 0.00000180. The minimum atomic E-state index is -0.126. The summed E-state index contributed by atoms with van der Waals surface area (Å²) in [5.74, 6) is 0.686. The Hall–Kier alpha value is -1.37. The maximum absolute atomic E-state index is 11.4. The third-order valence-electron chi connectivity index (χ3n) is 2.26. The fourth-order valence-electron chi connectivity index (χ4n) is 1.46. The number of rotatable bonds is 5. The average Bonchev–Trinajstić information content (AvgIpc) is 2.96. The van der Waals surface area contributed by atoms with Crippen molar-refractivity contribution in [1.82, 2.24) is 10.3 Å². The van der Waals surface area contributed by atoms with Crippen molar-refractivity contribution < 1.29 is 9.21 Å². The highest BCUT2D eigenvalue weighted by Gasteiger charge is 2.09. The van der Waals surface area contributed by atoms with E-state index in [0.717, 1.165) is 16.5 Å². The molecule has 1 amide bonds. The number of carbonyl (C=O) groups is 1. The van der Waals surface area contributed by atoms with Crippen molar-refractivity contribution in [1.29, 1.82) is 0 Å². The zero-order valence-corrected chi connectivity index (χ0v) is 12.1. The Labute approximate surface area is 121 Å². The molecule has 2 rings (SSSR count). The van der Waals surface area contributed by atoms with Crippen LogP contribution in [0.5, 0.6) is 0 Å². The fourth-order valence-corrected chi connectivity index (χ4v) is 2.24.